The molecule has 0 spiro atoms. The van der Waals surface area contributed by atoms with E-state index in [4.69, 9.17) is 0 Å². The Kier molecular flexibility index (Phi) is 4.58. The summed E-state index contributed by atoms with van der Waals surface area (Å²) in [6, 6.07) is 10.3. The molecule has 1 N–H and O–H groups in total. The Morgan fingerprint density at radius 1 is 1.03 bits per heavy atom. The first kappa shape index (κ1) is 19.8. The van der Waals surface area contributed by atoms with Gasteiger partial charge in [0.05, 0.1) is 40.7 Å². The highest BCUT2D eigenvalue weighted by atomic mass is 16.1. The minimum absolute atomic E-state index is 0.00777. The van der Waals surface area contributed by atoms with Crippen molar-refractivity contribution in [3.8, 4) is 22.5 Å². The van der Waals surface area contributed by atoms with Crippen molar-refractivity contribution in [2.45, 2.75) is 18.9 Å². The summed E-state index contributed by atoms with van der Waals surface area (Å²) in [6.07, 6.45) is 7.55. The molecule has 1 aromatic carbocycles. The van der Waals surface area contributed by atoms with Crippen LogP contribution in [0.2, 0.25) is 0 Å². The standard InChI is InChI=1S/C24H24N8O/c1-30-14-21(28-29-30)20-8-6-16(11-26-20)15-5-7-19-18(10-15)23-22(13-27-19)31(2)24(33)32(23)17-4-3-9-25-12-17/h5-8,10-11,13-14,17,25H,3-4,9,12H2,1-2H3/t17-/m1/s1. The fraction of sp³-hybridized carbons (Fsp3) is 0.292. The maximum absolute atomic E-state index is 13.2. The zero-order chi connectivity index (χ0) is 22.5. The van der Waals surface area contributed by atoms with Gasteiger partial charge in [0.15, 0.2) is 0 Å². The number of hydrogen-bond donors (Lipinski definition) is 1. The van der Waals surface area contributed by atoms with Crippen LogP contribution in [0.5, 0.6) is 0 Å². The zero-order valence-corrected chi connectivity index (χ0v) is 18.6. The Morgan fingerprint density at radius 2 is 1.91 bits per heavy atom. The van der Waals surface area contributed by atoms with Crippen molar-refractivity contribution in [2.75, 3.05) is 13.1 Å². The topological polar surface area (TPSA) is 95.5 Å². The summed E-state index contributed by atoms with van der Waals surface area (Å²) in [5.41, 5.74) is 6.22. The van der Waals surface area contributed by atoms with Gasteiger partial charge in [0.2, 0.25) is 0 Å². The summed E-state index contributed by atoms with van der Waals surface area (Å²) >= 11 is 0. The number of hydrogen-bond acceptors (Lipinski definition) is 6. The maximum atomic E-state index is 13.2. The lowest BCUT2D eigenvalue weighted by molar-refractivity contribution is 0.369. The number of pyridine rings is 2. The number of aromatic nitrogens is 7. The third kappa shape index (κ3) is 3.23. The highest BCUT2D eigenvalue weighted by molar-refractivity contribution is 6.04. The van der Waals surface area contributed by atoms with Crippen LogP contribution in [-0.4, -0.2) is 47.2 Å². The van der Waals surface area contributed by atoms with E-state index in [0.717, 1.165) is 70.4 Å². The van der Waals surface area contributed by atoms with Crippen LogP contribution in [0.25, 0.3) is 44.5 Å². The predicted octanol–water partition coefficient (Wildman–Crippen LogP) is 2.67. The van der Waals surface area contributed by atoms with E-state index in [9.17, 15) is 4.79 Å². The number of piperidine rings is 1. The number of rotatable bonds is 3. The number of aryl methyl sites for hydroxylation is 2. The van der Waals surface area contributed by atoms with E-state index in [-0.39, 0.29) is 11.7 Å². The lowest BCUT2D eigenvalue weighted by atomic mass is 10.0. The molecule has 1 fully saturated rings. The van der Waals surface area contributed by atoms with Gasteiger partial charge < -0.3 is 5.32 Å². The van der Waals surface area contributed by atoms with Gasteiger partial charge in [-0.2, -0.15) is 0 Å². The van der Waals surface area contributed by atoms with Crippen molar-refractivity contribution in [1.82, 2.24) is 39.4 Å². The SMILES string of the molecule is Cn1cc(-c2ccc(-c3ccc4ncc5c(c4c3)n([C@@H]3CCCNC3)c(=O)n5C)cn2)nn1. The fourth-order valence-corrected chi connectivity index (χ4v) is 4.78. The van der Waals surface area contributed by atoms with E-state index in [1.165, 1.54) is 0 Å². The molecule has 0 bridgehead atoms. The van der Waals surface area contributed by atoms with Crippen LogP contribution in [0.1, 0.15) is 18.9 Å². The lowest BCUT2D eigenvalue weighted by Crippen LogP contribution is -2.36. The summed E-state index contributed by atoms with van der Waals surface area (Å²) < 4.78 is 5.33. The smallest absolute Gasteiger partial charge is 0.315 e. The first-order valence-electron chi connectivity index (χ1n) is 11.1. The Hall–Kier alpha value is -3.85. The fourth-order valence-electron chi connectivity index (χ4n) is 4.78. The van der Waals surface area contributed by atoms with Crippen LogP contribution in [0.3, 0.4) is 0 Å². The second-order valence-electron chi connectivity index (χ2n) is 8.65. The molecular formula is C24H24N8O. The Labute approximate surface area is 189 Å². The van der Waals surface area contributed by atoms with E-state index in [1.54, 1.807) is 9.25 Å². The number of nitrogens with zero attached hydrogens (tertiary/aromatic N) is 7. The number of benzene rings is 1. The minimum atomic E-state index is 0.00777. The molecule has 5 aromatic rings. The van der Waals surface area contributed by atoms with Crippen LogP contribution in [0.4, 0.5) is 0 Å². The normalized spacial score (nSPS) is 16.6. The quantitative estimate of drug-likeness (QED) is 0.463. The third-order valence-electron chi connectivity index (χ3n) is 6.51. The van der Waals surface area contributed by atoms with E-state index < -0.39 is 0 Å². The summed E-state index contributed by atoms with van der Waals surface area (Å²) in [5.74, 6) is 0. The molecule has 0 saturated carbocycles. The predicted molar refractivity (Wildman–Crippen MR) is 127 cm³/mol. The molecule has 9 heteroatoms. The van der Waals surface area contributed by atoms with Crippen molar-refractivity contribution < 1.29 is 0 Å². The van der Waals surface area contributed by atoms with Gasteiger partial charge in [0, 0.05) is 37.8 Å². The molecule has 166 valence electrons. The van der Waals surface area contributed by atoms with Gasteiger partial charge in [-0.3, -0.25) is 23.8 Å². The van der Waals surface area contributed by atoms with Gasteiger partial charge in [-0.15, -0.1) is 5.10 Å². The van der Waals surface area contributed by atoms with Crippen LogP contribution in [-0.2, 0) is 14.1 Å². The largest absolute Gasteiger partial charge is 0.329 e. The van der Waals surface area contributed by atoms with Crippen LogP contribution in [0, 0.1) is 0 Å². The summed E-state index contributed by atoms with van der Waals surface area (Å²) in [4.78, 5) is 22.4. The molecule has 1 aliphatic rings. The van der Waals surface area contributed by atoms with Crippen molar-refractivity contribution in [3.05, 3.63) is 59.4 Å². The monoisotopic (exact) mass is 440 g/mol. The van der Waals surface area contributed by atoms with Crippen molar-refractivity contribution in [1.29, 1.82) is 0 Å². The van der Waals surface area contributed by atoms with Crippen molar-refractivity contribution >= 4 is 21.9 Å². The first-order chi connectivity index (χ1) is 16.1. The van der Waals surface area contributed by atoms with Crippen LogP contribution >= 0.6 is 0 Å². The summed E-state index contributed by atoms with van der Waals surface area (Å²) in [6.45, 7) is 1.80. The van der Waals surface area contributed by atoms with Crippen LogP contribution < -0.4 is 11.0 Å². The molecule has 0 amide bonds. The van der Waals surface area contributed by atoms with Gasteiger partial charge >= 0.3 is 5.69 Å². The molecule has 1 atom stereocenters. The molecule has 1 aliphatic heterocycles. The van der Waals surface area contributed by atoms with E-state index in [2.05, 4.69) is 31.7 Å². The summed E-state index contributed by atoms with van der Waals surface area (Å²) in [5, 5.41) is 12.5. The number of fused-ring (bicyclic) bond motifs is 3. The van der Waals surface area contributed by atoms with Crippen molar-refractivity contribution in [2.24, 2.45) is 14.1 Å². The van der Waals surface area contributed by atoms with Gasteiger partial charge in [-0.05, 0) is 43.1 Å². The second kappa shape index (κ2) is 7.63. The molecule has 5 heterocycles. The molecule has 9 nitrogen and oxygen atoms in total. The Bertz CT molecular complexity index is 1540. The average Bonchev–Trinajstić information content (AvgIpc) is 3.40. The molecular weight excluding hydrogens is 416 g/mol. The highest BCUT2D eigenvalue weighted by Gasteiger charge is 2.23. The maximum Gasteiger partial charge on any atom is 0.329 e. The molecule has 0 radical (unpaired) electrons. The van der Waals surface area contributed by atoms with Gasteiger partial charge in [0.25, 0.3) is 0 Å². The van der Waals surface area contributed by atoms with E-state index in [1.807, 2.05) is 61.5 Å². The average molecular weight is 441 g/mol. The van der Waals surface area contributed by atoms with Gasteiger partial charge in [-0.25, -0.2) is 4.79 Å². The first-order valence-corrected chi connectivity index (χ1v) is 11.1. The molecule has 0 aliphatic carbocycles. The zero-order valence-electron chi connectivity index (χ0n) is 18.6. The Morgan fingerprint density at radius 3 is 2.64 bits per heavy atom. The van der Waals surface area contributed by atoms with E-state index in [0.29, 0.717) is 0 Å². The number of imidazole rings is 1. The van der Waals surface area contributed by atoms with Crippen molar-refractivity contribution in [3.63, 3.8) is 0 Å². The van der Waals surface area contributed by atoms with Gasteiger partial charge in [-0.1, -0.05) is 17.3 Å². The minimum Gasteiger partial charge on any atom is -0.315 e. The Balaban J connectivity index is 1.50. The molecule has 1 saturated heterocycles. The molecule has 6 rings (SSSR count). The molecule has 0 unspecified atom stereocenters. The highest BCUT2D eigenvalue weighted by Crippen LogP contribution is 2.31. The molecule has 33 heavy (non-hydrogen) atoms. The van der Waals surface area contributed by atoms with Crippen LogP contribution in [0.15, 0.2) is 53.7 Å². The molecule has 4 aromatic heterocycles. The van der Waals surface area contributed by atoms with E-state index >= 15 is 0 Å². The number of nitrogens with one attached hydrogen (secondary N) is 1. The second-order valence-corrected chi connectivity index (χ2v) is 8.65. The third-order valence-corrected chi connectivity index (χ3v) is 6.51. The lowest BCUT2D eigenvalue weighted by Gasteiger charge is -2.24. The van der Waals surface area contributed by atoms with Gasteiger partial charge in [0.1, 0.15) is 5.69 Å². The summed E-state index contributed by atoms with van der Waals surface area (Å²) in [7, 11) is 3.66.